The third-order valence-corrected chi connectivity index (χ3v) is 6.50. The molecule has 1 atom stereocenters. The molecule has 0 aliphatic rings. The number of aromatic nitrogens is 3. The SMILES string of the molecule is CCSc1nnc(SC(C)C(=O)c2[nH]c(C)c(C(=O)OC)c2C)s1. The fourth-order valence-corrected chi connectivity index (χ4v) is 5.36. The first-order valence-corrected chi connectivity index (χ1v) is 10.0. The van der Waals surface area contributed by atoms with E-state index in [1.165, 1.54) is 30.2 Å². The summed E-state index contributed by atoms with van der Waals surface area (Å²) in [6.45, 7) is 7.39. The number of hydrogen-bond acceptors (Lipinski definition) is 8. The highest BCUT2D eigenvalue weighted by molar-refractivity contribution is 8.03. The molecule has 1 N–H and O–H groups in total. The van der Waals surface area contributed by atoms with Crippen molar-refractivity contribution in [2.45, 2.75) is 41.6 Å². The lowest BCUT2D eigenvalue weighted by Crippen LogP contribution is -2.15. The first kappa shape index (κ1) is 19.0. The molecule has 1 unspecified atom stereocenters. The predicted octanol–water partition coefficient (Wildman–Crippen LogP) is 3.75. The average Bonchev–Trinajstić information content (AvgIpc) is 3.10. The van der Waals surface area contributed by atoms with E-state index in [1.54, 1.807) is 25.6 Å². The van der Waals surface area contributed by atoms with Gasteiger partial charge in [0.2, 0.25) is 0 Å². The standard InChI is InChI=1S/C15H19N3O3S3/c1-6-22-14-17-18-15(24-14)23-9(4)12(19)11-7(2)10(8(3)16-11)13(20)21-5/h9,16H,6H2,1-5H3. The molecule has 0 aliphatic carbocycles. The van der Waals surface area contributed by atoms with Crippen LogP contribution in [0, 0.1) is 13.8 Å². The van der Waals surface area contributed by atoms with Gasteiger partial charge in [0.05, 0.1) is 23.6 Å². The largest absolute Gasteiger partial charge is 0.465 e. The second-order valence-electron chi connectivity index (χ2n) is 5.01. The van der Waals surface area contributed by atoms with E-state index in [0.717, 1.165) is 14.4 Å². The topological polar surface area (TPSA) is 84.9 Å². The normalized spacial score (nSPS) is 12.2. The monoisotopic (exact) mass is 385 g/mol. The zero-order valence-corrected chi connectivity index (χ0v) is 16.6. The number of esters is 1. The number of ketones is 1. The minimum atomic E-state index is -0.439. The summed E-state index contributed by atoms with van der Waals surface area (Å²) in [7, 11) is 1.33. The van der Waals surface area contributed by atoms with E-state index < -0.39 is 5.97 Å². The maximum Gasteiger partial charge on any atom is 0.339 e. The molecular formula is C15H19N3O3S3. The van der Waals surface area contributed by atoms with Crippen LogP contribution in [0.1, 0.15) is 46.0 Å². The summed E-state index contributed by atoms with van der Waals surface area (Å²) in [5.74, 6) is 0.423. The van der Waals surface area contributed by atoms with Crippen LogP contribution in [-0.4, -0.2) is 45.0 Å². The highest BCUT2D eigenvalue weighted by Gasteiger charge is 2.26. The first-order chi connectivity index (χ1) is 11.4. The second-order valence-corrected chi connectivity index (χ2v) is 9.08. The third kappa shape index (κ3) is 4.01. The molecule has 2 heterocycles. The number of Topliss-reactive ketones (excluding diaryl/α,β-unsaturated/α-hetero) is 1. The molecule has 0 aromatic carbocycles. The van der Waals surface area contributed by atoms with Crippen molar-refractivity contribution in [2.24, 2.45) is 0 Å². The van der Waals surface area contributed by atoms with E-state index in [9.17, 15) is 9.59 Å². The summed E-state index contributed by atoms with van der Waals surface area (Å²) in [6.07, 6.45) is 0. The van der Waals surface area contributed by atoms with Crippen LogP contribution in [0.15, 0.2) is 8.68 Å². The molecule has 0 aliphatic heterocycles. The number of thioether (sulfide) groups is 2. The molecule has 0 saturated heterocycles. The molecule has 2 aromatic rings. The lowest BCUT2D eigenvalue weighted by molar-refractivity contribution is 0.0599. The van der Waals surface area contributed by atoms with Gasteiger partial charge < -0.3 is 9.72 Å². The van der Waals surface area contributed by atoms with Gasteiger partial charge in [0, 0.05) is 5.69 Å². The van der Waals surface area contributed by atoms with E-state index in [1.807, 2.05) is 6.92 Å². The number of hydrogen-bond donors (Lipinski definition) is 1. The fourth-order valence-electron chi connectivity index (χ4n) is 2.24. The number of carbonyl (C=O) groups excluding carboxylic acids is 2. The van der Waals surface area contributed by atoms with Crippen LogP contribution >= 0.6 is 34.9 Å². The van der Waals surface area contributed by atoms with Gasteiger partial charge >= 0.3 is 5.97 Å². The van der Waals surface area contributed by atoms with E-state index in [0.29, 0.717) is 22.5 Å². The van der Waals surface area contributed by atoms with Gasteiger partial charge in [0.25, 0.3) is 0 Å². The number of H-pyrrole nitrogens is 1. The van der Waals surface area contributed by atoms with E-state index in [-0.39, 0.29) is 11.0 Å². The number of carbonyl (C=O) groups is 2. The Kier molecular flexibility index (Phi) is 6.47. The lowest BCUT2D eigenvalue weighted by atomic mass is 10.1. The Hall–Kier alpha value is -1.32. The van der Waals surface area contributed by atoms with Gasteiger partial charge in [0.1, 0.15) is 0 Å². The summed E-state index contributed by atoms with van der Waals surface area (Å²) in [6, 6.07) is 0. The minimum absolute atomic E-state index is 0.0735. The number of ether oxygens (including phenoxy) is 1. The zero-order chi connectivity index (χ0) is 17.9. The van der Waals surface area contributed by atoms with Crippen molar-refractivity contribution in [3.63, 3.8) is 0 Å². The third-order valence-electron chi connectivity index (χ3n) is 3.38. The summed E-state index contributed by atoms with van der Waals surface area (Å²) in [5.41, 5.74) is 2.13. The maximum atomic E-state index is 12.7. The second kappa shape index (κ2) is 8.17. The summed E-state index contributed by atoms with van der Waals surface area (Å²) < 4.78 is 6.45. The Morgan fingerprint density at radius 1 is 1.29 bits per heavy atom. The molecule has 0 radical (unpaired) electrons. The molecule has 2 aromatic heterocycles. The van der Waals surface area contributed by atoms with Crippen molar-refractivity contribution >= 4 is 46.6 Å². The van der Waals surface area contributed by atoms with Crippen molar-refractivity contribution in [3.8, 4) is 0 Å². The van der Waals surface area contributed by atoms with Crippen molar-refractivity contribution in [2.75, 3.05) is 12.9 Å². The number of aryl methyl sites for hydroxylation is 1. The Morgan fingerprint density at radius 3 is 2.58 bits per heavy atom. The maximum absolute atomic E-state index is 12.7. The van der Waals surface area contributed by atoms with Gasteiger partial charge in [-0.1, -0.05) is 41.8 Å². The number of nitrogens with zero attached hydrogens (tertiary/aromatic N) is 2. The predicted molar refractivity (Wildman–Crippen MR) is 97.6 cm³/mol. The van der Waals surface area contributed by atoms with Gasteiger partial charge in [-0.3, -0.25) is 4.79 Å². The number of aromatic amines is 1. The Balaban J connectivity index is 2.17. The van der Waals surface area contributed by atoms with Crippen LogP contribution in [-0.2, 0) is 4.74 Å². The number of methoxy groups -OCH3 is 1. The van der Waals surface area contributed by atoms with Gasteiger partial charge in [0.15, 0.2) is 14.5 Å². The summed E-state index contributed by atoms with van der Waals surface area (Å²) in [5, 5.41) is 7.87. The molecule has 9 heteroatoms. The molecule has 130 valence electrons. The number of rotatable bonds is 7. The molecule has 0 bridgehead atoms. The quantitative estimate of drug-likeness (QED) is 0.441. The fraction of sp³-hybridized carbons (Fsp3) is 0.467. The van der Waals surface area contributed by atoms with Crippen molar-refractivity contribution < 1.29 is 14.3 Å². The highest BCUT2D eigenvalue weighted by Crippen LogP contribution is 2.32. The molecule has 0 fully saturated rings. The van der Waals surface area contributed by atoms with E-state index in [4.69, 9.17) is 4.74 Å². The van der Waals surface area contributed by atoms with Crippen molar-refractivity contribution in [1.29, 1.82) is 0 Å². The van der Waals surface area contributed by atoms with E-state index >= 15 is 0 Å². The molecule has 0 amide bonds. The van der Waals surface area contributed by atoms with Gasteiger partial charge in [-0.05, 0) is 32.1 Å². The zero-order valence-electron chi connectivity index (χ0n) is 14.1. The van der Waals surface area contributed by atoms with Gasteiger partial charge in [-0.25, -0.2) is 4.79 Å². The van der Waals surface area contributed by atoms with E-state index in [2.05, 4.69) is 22.1 Å². The number of nitrogens with one attached hydrogen (secondary N) is 1. The smallest absolute Gasteiger partial charge is 0.339 e. The molecule has 2 rings (SSSR count). The average molecular weight is 386 g/mol. The first-order valence-electron chi connectivity index (χ1n) is 7.33. The molecular weight excluding hydrogens is 366 g/mol. The Labute approximate surface area is 153 Å². The Morgan fingerprint density at radius 2 is 1.96 bits per heavy atom. The lowest BCUT2D eigenvalue weighted by Gasteiger charge is -2.07. The van der Waals surface area contributed by atoms with Crippen LogP contribution in [0.2, 0.25) is 0 Å². The summed E-state index contributed by atoms with van der Waals surface area (Å²) in [4.78, 5) is 27.6. The van der Waals surface area contributed by atoms with Crippen LogP contribution < -0.4 is 0 Å². The van der Waals surface area contributed by atoms with Crippen LogP contribution in [0.4, 0.5) is 0 Å². The van der Waals surface area contributed by atoms with Crippen LogP contribution in [0.25, 0.3) is 0 Å². The summed E-state index contributed by atoms with van der Waals surface area (Å²) >= 11 is 4.49. The highest BCUT2D eigenvalue weighted by atomic mass is 32.2. The minimum Gasteiger partial charge on any atom is -0.465 e. The van der Waals surface area contributed by atoms with Crippen LogP contribution in [0.5, 0.6) is 0 Å². The van der Waals surface area contributed by atoms with Gasteiger partial charge in [-0.2, -0.15) is 0 Å². The molecule has 0 saturated carbocycles. The van der Waals surface area contributed by atoms with Crippen molar-refractivity contribution in [1.82, 2.24) is 15.2 Å². The molecule has 0 spiro atoms. The molecule has 6 nitrogen and oxygen atoms in total. The van der Waals surface area contributed by atoms with Crippen LogP contribution in [0.3, 0.4) is 0 Å². The Bertz CT molecular complexity index is 754. The van der Waals surface area contributed by atoms with Crippen molar-refractivity contribution in [3.05, 3.63) is 22.5 Å². The molecule has 24 heavy (non-hydrogen) atoms. The van der Waals surface area contributed by atoms with Gasteiger partial charge in [-0.15, -0.1) is 10.2 Å².